The maximum atomic E-state index is 11.2. The van der Waals surface area contributed by atoms with Crippen molar-refractivity contribution in [2.75, 3.05) is 18.0 Å². The summed E-state index contributed by atoms with van der Waals surface area (Å²) in [5.41, 5.74) is 3.34. The van der Waals surface area contributed by atoms with Gasteiger partial charge in [-0.2, -0.15) is 0 Å². The van der Waals surface area contributed by atoms with Crippen LogP contribution in [0.5, 0.6) is 0 Å². The summed E-state index contributed by atoms with van der Waals surface area (Å²) in [6.45, 7) is 3.14. The van der Waals surface area contributed by atoms with Crippen molar-refractivity contribution in [1.82, 2.24) is 4.98 Å². The molecule has 1 unspecified atom stereocenters. The molecule has 0 bridgehead atoms. The van der Waals surface area contributed by atoms with Crippen LogP contribution in [0.1, 0.15) is 18.5 Å². The molecule has 0 saturated carbocycles. The number of ether oxygens (including phenoxy) is 1. The summed E-state index contributed by atoms with van der Waals surface area (Å²) in [6.07, 6.45) is 10.6. The lowest BCUT2D eigenvalue weighted by atomic mass is 9.91. The van der Waals surface area contributed by atoms with Crippen molar-refractivity contribution >= 4 is 11.5 Å². The van der Waals surface area contributed by atoms with E-state index in [2.05, 4.69) is 35.2 Å². The zero-order valence-electron chi connectivity index (χ0n) is 15.7. The molecule has 1 atom stereocenters. The summed E-state index contributed by atoms with van der Waals surface area (Å²) in [5, 5.41) is 11.2. The molecule has 0 radical (unpaired) electrons. The zero-order valence-corrected chi connectivity index (χ0v) is 15.7. The second-order valence-electron chi connectivity index (χ2n) is 7.25. The molecular weight excluding hydrogens is 354 g/mol. The van der Waals surface area contributed by atoms with Crippen LogP contribution in [0.15, 0.2) is 48.6 Å². The molecule has 3 heterocycles. The number of anilines is 1. The second kappa shape index (κ2) is 7.10. The molecule has 1 fully saturated rings. The fourth-order valence-corrected chi connectivity index (χ4v) is 3.65. The van der Waals surface area contributed by atoms with Crippen molar-refractivity contribution < 1.29 is 9.66 Å². The first-order valence-corrected chi connectivity index (χ1v) is 9.30. The normalized spacial score (nSPS) is 20.3. The number of pyridine rings is 1. The average molecular weight is 375 g/mol. The van der Waals surface area contributed by atoms with Gasteiger partial charge in [-0.1, -0.05) is 30.2 Å². The molecule has 1 aromatic rings. The highest BCUT2D eigenvalue weighted by atomic mass is 16.6. The maximum Gasteiger partial charge on any atom is 0.311 e. The number of aromatic nitrogens is 1. The highest BCUT2D eigenvalue weighted by Crippen LogP contribution is 2.37. The Kier molecular flexibility index (Phi) is 4.62. The largest absolute Gasteiger partial charge is 0.351 e. The van der Waals surface area contributed by atoms with Crippen molar-refractivity contribution in [2.45, 2.75) is 31.5 Å². The Balaban J connectivity index is 0.000000268. The quantitative estimate of drug-likeness (QED) is 0.294. The van der Waals surface area contributed by atoms with Crippen LogP contribution in [0.3, 0.4) is 0 Å². The fourth-order valence-electron chi connectivity index (χ4n) is 3.65. The van der Waals surface area contributed by atoms with Gasteiger partial charge in [0.15, 0.2) is 0 Å². The molecule has 1 spiro atoms. The summed E-state index contributed by atoms with van der Waals surface area (Å²) in [7, 11) is 0. The number of fused-ring (bicyclic) bond motifs is 1. The molecule has 0 aromatic carbocycles. The Labute approximate surface area is 164 Å². The van der Waals surface area contributed by atoms with Crippen molar-refractivity contribution in [3.05, 3.63) is 64.4 Å². The van der Waals surface area contributed by atoms with Crippen LogP contribution in [0.25, 0.3) is 11.1 Å². The van der Waals surface area contributed by atoms with Gasteiger partial charge < -0.3 is 9.64 Å². The first kappa shape index (κ1) is 18.2. The van der Waals surface area contributed by atoms with Gasteiger partial charge in [-0.25, -0.2) is 4.98 Å². The molecule has 6 heteroatoms. The smallest absolute Gasteiger partial charge is 0.311 e. The van der Waals surface area contributed by atoms with Gasteiger partial charge >= 0.3 is 5.69 Å². The van der Waals surface area contributed by atoms with Gasteiger partial charge in [0.25, 0.3) is 0 Å². The predicted molar refractivity (Wildman–Crippen MR) is 108 cm³/mol. The predicted octanol–water partition coefficient (Wildman–Crippen LogP) is 3.89. The minimum absolute atomic E-state index is 0.0472. The molecule has 142 valence electrons. The third-order valence-electron chi connectivity index (χ3n) is 5.31. The SMILES string of the molecule is C#CC1C=CC2(CCN(c3nc(C)ccc3[N+](=O)[O-])CC2)O1.c1cc2cc-2c1. The molecule has 1 aromatic heterocycles. The van der Waals surface area contributed by atoms with E-state index in [1.165, 1.54) is 17.2 Å². The van der Waals surface area contributed by atoms with Crippen molar-refractivity contribution in [3.8, 4) is 23.5 Å². The molecule has 2 aliphatic carbocycles. The van der Waals surface area contributed by atoms with Crippen LogP contribution in [0, 0.1) is 29.4 Å². The molecule has 0 amide bonds. The van der Waals surface area contributed by atoms with E-state index in [0.29, 0.717) is 18.9 Å². The number of piperidine rings is 1. The van der Waals surface area contributed by atoms with E-state index in [9.17, 15) is 10.1 Å². The summed E-state index contributed by atoms with van der Waals surface area (Å²) in [4.78, 5) is 17.1. The molecule has 6 nitrogen and oxygen atoms in total. The molecule has 2 aliphatic heterocycles. The van der Waals surface area contributed by atoms with E-state index in [4.69, 9.17) is 11.2 Å². The van der Waals surface area contributed by atoms with E-state index in [-0.39, 0.29) is 22.3 Å². The first-order valence-electron chi connectivity index (χ1n) is 9.30. The van der Waals surface area contributed by atoms with Gasteiger partial charge in [-0.3, -0.25) is 10.1 Å². The number of nitro groups is 1. The number of aryl methyl sites for hydroxylation is 1. The van der Waals surface area contributed by atoms with Crippen LogP contribution in [0.4, 0.5) is 11.5 Å². The lowest BCUT2D eigenvalue weighted by molar-refractivity contribution is -0.384. The highest BCUT2D eigenvalue weighted by molar-refractivity contribution is 5.80. The van der Waals surface area contributed by atoms with Crippen LogP contribution >= 0.6 is 0 Å². The Morgan fingerprint density at radius 2 is 2.00 bits per heavy atom. The molecule has 28 heavy (non-hydrogen) atoms. The monoisotopic (exact) mass is 375 g/mol. The maximum absolute atomic E-state index is 11.2. The Bertz CT molecular complexity index is 968. The minimum atomic E-state index is -0.382. The standard InChI is InChI=1S/C16H17N3O3.C6H4/c1-3-13-6-7-16(22-13)8-10-18(11-9-16)15-14(19(20)21)5-4-12(2)17-15;1-2-5-4-6(5)3-1/h1,4-7,13H,8-11H2,2H3;1-4H. The lowest BCUT2D eigenvalue weighted by Gasteiger charge is -2.38. The molecule has 1 saturated heterocycles. The van der Waals surface area contributed by atoms with Gasteiger partial charge in [-0.15, -0.1) is 6.42 Å². The molecule has 0 N–H and O–H groups in total. The van der Waals surface area contributed by atoms with Crippen LogP contribution in [-0.2, 0) is 4.74 Å². The third kappa shape index (κ3) is 3.62. The van der Waals surface area contributed by atoms with Crippen molar-refractivity contribution in [3.63, 3.8) is 0 Å². The van der Waals surface area contributed by atoms with Crippen molar-refractivity contribution in [2.24, 2.45) is 0 Å². The van der Waals surface area contributed by atoms with Gasteiger partial charge in [0, 0.05) is 24.8 Å². The number of terminal acetylenes is 1. The van der Waals surface area contributed by atoms with Gasteiger partial charge in [0.1, 0.15) is 6.10 Å². The topological polar surface area (TPSA) is 68.5 Å². The van der Waals surface area contributed by atoms with Gasteiger partial charge in [0.2, 0.25) is 5.82 Å². The fraction of sp³-hybridized carbons (Fsp3) is 0.318. The number of hydrogen-bond donors (Lipinski definition) is 0. The summed E-state index contributed by atoms with van der Waals surface area (Å²) in [5.74, 6) is 3.03. The molecule has 5 rings (SSSR count). The first-order chi connectivity index (χ1) is 13.5. The lowest BCUT2D eigenvalue weighted by Crippen LogP contribution is -2.44. The summed E-state index contributed by atoms with van der Waals surface area (Å²) in [6, 6.07) is 11.7. The van der Waals surface area contributed by atoms with E-state index >= 15 is 0 Å². The van der Waals surface area contributed by atoms with Crippen molar-refractivity contribution in [1.29, 1.82) is 0 Å². The van der Waals surface area contributed by atoms with Crippen LogP contribution in [0.2, 0.25) is 0 Å². The number of rotatable bonds is 2. The van der Waals surface area contributed by atoms with Crippen LogP contribution < -0.4 is 4.90 Å². The van der Waals surface area contributed by atoms with Gasteiger partial charge in [-0.05, 0) is 49.1 Å². The minimum Gasteiger partial charge on any atom is -0.351 e. The summed E-state index contributed by atoms with van der Waals surface area (Å²) < 4.78 is 5.90. The van der Waals surface area contributed by atoms with E-state index in [0.717, 1.165) is 18.5 Å². The third-order valence-corrected chi connectivity index (χ3v) is 5.31. The number of benzene rings is 1. The second-order valence-corrected chi connectivity index (χ2v) is 7.25. The average Bonchev–Trinajstić information content (AvgIpc) is 3.10. The Hall–Kier alpha value is -3.17. The van der Waals surface area contributed by atoms with Crippen LogP contribution in [-0.4, -0.2) is 34.7 Å². The Morgan fingerprint density at radius 1 is 1.29 bits per heavy atom. The zero-order chi connectivity index (χ0) is 19.7. The highest BCUT2D eigenvalue weighted by Gasteiger charge is 2.39. The van der Waals surface area contributed by atoms with Gasteiger partial charge in [0.05, 0.1) is 10.5 Å². The summed E-state index contributed by atoms with van der Waals surface area (Å²) >= 11 is 0. The number of hydrogen-bond acceptors (Lipinski definition) is 5. The Morgan fingerprint density at radius 3 is 2.50 bits per heavy atom. The number of nitrogens with zero attached hydrogens (tertiary/aromatic N) is 3. The van der Waals surface area contributed by atoms with E-state index < -0.39 is 0 Å². The molecular formula is C22H21N3O3. The van der Waals surface area contributed by atoms with E-state index in [1.807, 2.05) is 24.0 Å². The van der Waals surface area contributed by atoms with E-state index in [1.54, 1.807) is 6.07 Å². The molecule has 4 aliphatic rings.